The van der Waals surface area contributed by atoms with Crippen LogP contribution in [0.2, 0.25) is 0 Å². The van der Waals surface area contributed by atoms with Crippen molar-refractivity contribution in [2.24, 2.45) is 0 Å². The van der Waals surface area contributed by atoms with E-state index in [1.165, 1.54) is 39.2 Å². The molecule has 0 amide bonds. The normalized spacial score (nSPS) is 11.8. The molecule has 0 aliphatic carbocycles. The molecule has 0 aliphatic heterocycles. The molecule has 2 aromatic heterocycles. The van der Waals surface area contributed by atoms with Gasteiger partial charge in [0.1, 0.15) is 0 Å². The van der Waals surface area contributed by atoms with Crippen LogP contribution in [0, 0.1) is 6.92 Å². The first-order chi connectivity index (χ1) is 24.7. The molecule has 0 saturated carbocycles. The van der Waals surface area contributed by atoms with Crippen LogP contribution >= 0.6 is 21.6 Å². The Morgan fingerprint density at radius 2 is 0.941 bits per heavy atom. The van der Waals surface area contributed by atoms with Crippen LogP contribution in [0.1, 0.15) is 40.7 Å². The lowest BCUT2D eigenvalue weighted by Crippen LogP contribution is -2.34. The molecular formula is C43H60N6S2+2. The quantitative estimate of drug-likeness (QED) is 0.0494. The van der Waals surface area contributed by atoms with Gasteiger partial charge in [0.15, 0.2) is 37.9 Å². The van der Waals surface area contributed by atoms with Crippen LogP contribution in [-0.2, 0) is 13.1 Å². The maximum absolute atomic E-state index is 2.35. The third-order valence-electron chi connectivity index (χ3n) is 8.93. The molecule has 4 rings (SSSR count). The van der Waals surface area contributed by atoms with E-state index in [9.17, 15) is 0 Å². The van der Waals surface area contributed by atoms with E-state index in [-0.39, 0.29) is 0 Å². The van der Waals surface area contributed by atoms with Gasteiger partial charge in [-0.15, -0.1) is 0 Å². The minimum Gasteiger partial charge on any atom is -0.375 e. The van der Waals surface area contributed by atoms with Gasteiger partial charge >= 0.3 is 0 Å². The number of nitrogens with zero attached hydrogens (tertiary/aromatic N) is 6. The first kappa shape index (κ1) is 40.2. The summed E-state index contributed by atoms with van der Waals surface area (Å²) in [5.41, 5.74) is 8.78. The van der Waals surface area contributed by atoms with Crippen molar-refractivity contribution in [3.8, 4) is 0 Å². The number of rotatable bonds is 21. The minimum atomic E-state index is 1.01. The molecule has 0 atom stereocenters. The van der Waals surface area contributed by atoms with Gasteiger partial charge in [0.2, 0.25) is 0 Å². The van der Waals surface area contributed by atoms with Gasteiger partial charge in [-0.2, -0.15) is 0 Å². The van der Waals surface area contributed by atoms with Gasteiger partial charge in [0.05, 0.1) is 11.5 Å². The molecule has 0 fully saturated rings. The average Bonchev–Trinajstić information content (AvgIpc) is 3.12. The molecule has 0 aliphatic rings. The van der Waals surface area contributed by atoms with E-state index in [1.54, 1.807) is 0 Å². The zero-order valence-electron chi connectivity index (χ0n) is 32.0. The molecule has 0 radical (unpaired) electrons. The smallest absolute Gasteiger partial charge is 0.169 e. The van der Waals surface area contributed by atoms with E-state index in [2.05, 4.69) is 194 Å². The first-order valence-electron chi connectivity index (χ1n) is 18.2. The SMILES string of the molecule is Cc1cc(N(C)CCCN(C)C)ccc1/C=C/c1cc[n+](CCSSCC[n+]2ccc(/C=C/c3ccc(N(C)CCCN(C)C)cc3)cc2)cc1. The molecule has 272 valence electrons. The highest BCUT2D eigenvalue weighted by Crippen LogP contribution is 2.22. The largest absolute Gasteiger partial charge is 0.375 e. The molecule has 0 unspecified atom stereocenters. The summed E-state index contributed by atoms with van der Waals surface area (Å²) in [7, 11) is 16.8. The molecule has 0 saturated heterocycles. The number of aromatic nitrogens is 2. The molecule has 0 spiro atoms. The average molecular weight is 725 g/mol. The molecule has 51 heavy (non-hydrogen) atoms. The highest BCUT2D eigenvalue weighted by Gasteiger charge is 2.06. The lowest BCUT2D eigenvalue weighted by molar-refractivity contribution is -0.692. The zero-order chi connectivity index (χ0) is 36.4. The highest BCUT2D eigenvalue weighted by molar-refractivity contribution is 8.76. The fraction of sp³-hybridized carbons (Fsp3) is 0.395. The van der Waals surface area contributed by atoms with Crippen molar-refractivity contribution >= 4 is 57.3 Å². The second kappa shape index (κ2) is 21.7. The summed E-state index contributed by atoms with van der Waals surface area (Å²) in [5, 5.41) is 0. The number of hydrogen-bond donors (Lipinski definition) is 0. The van der Waals surface area contributed by atoms with Crippen molar-refractivity contribution in [3.05, 3.63) is 119 Å². The fourth-order valence-corrected chi connectivity index (χ4v) is 7.63. The van der Waals surface area contributed by atoms with Gasteiger partial charge in [0.25, 0.3) is 0 Å². The minimum absolute atomic E-state index is 1.01. The van der Waals surface area contributed by atoms with E-state index >= 15 is 0 Å². The van der Waals surface area contributed by atoms with Crippen LogP contribution in [0.5, 0.6) is 0 Å². The number of pyridine rings is 2. The molecular weight excluding hydrogens is 665 g/mol. The number of benzene rings is 2. The number of anilines is 2. The summed E-state index contributed by atoms with van der Waals surface area (Å²) in [4.78, 5) is 9.16. The topological polar surface area (TPSA) is 20.7 Å². The molecule has 2 aromatic carbocycles. The van der Waals surface area contributed by atoms with Crippen LogP contribution < -0.4 is 18.9 Å². The van der Waals surface area contributed by atoms with Crippen LogP contribution in [-0.4, -0.2) is 89.8 Å². The van der Waals surface area contributed by atoms with Crippen LogP contribution in [0.15, 0.2) is 91.5 Å². The standard InChI is InChI=1S/C43H60N6S2/c1-37-36-43(47(7)27-9-25-45(4)5)19-16-41(37)15-12-40-22-30-49(31-23-40)33-35-51-50-34-32-48-28-20-39(21-29-48)11-10-38-13-17-42(18-14-38)46(6)26-8-24-44(2)3/h10-23,28-31,36H,8-9,24-27,32-35H2,1-7H3/q+2. The molecule has 8 heteroatoms. The van der Waals surface area contributed by atoms with Gasteiger partial charge in [-0.3, -0.25) is 0 Å². The highest BCUT2D eigenvalue weighted by atomic mass is 33.1. The van der Waals surface area contributed by atoms with Crippen LogP contribution in [0.25, 0.3) is 24.3 Å². The van der Waals surface area contributed by atoms with Gasteiger partial charge in [-0.1, -0.05) is 64.1 Å². The van der Waals surface area contributed by atoms with Gasteiger partial charge in [-0.25, -0.2) is 9.13 Å². The van der Waals surface area contributed by atoms with Gasteiger partial charge in [-0.05, 0) is 113 Å². The molecule has 4 aromatic rings. The van der Waals surface area contributed by atoms with Crippen molar-refractivity contribution in [1.82, 2.24) is 9.80 Å². The summed E-state index contributed by atoms with van der Waals surface area (Å²) >= 11 is 0. The van der Waals surface area contributed by atoms with Gasteiger partial charge in [0, 0.05) is 62.8 Å². The maximum Gasteiger partial charge on any atom is 0.169 e. The predicted octanol–water partition coefficient (Wildman–Crippen LogP) is 7.77. The predicted molar refractivity (Wildman–Crippen MR) is 227 cm³/mol. The zero-order valence-corrected chi connectivity index (χ0v) is 33.7. The Morgan fingerprint density at radius 1 is 0.510 bits per heavy atom. The monoisotopic (exact) mass is 724 g/mol. The molecule has 6 nitrogen and oxygen atoms in total. The van der Waals surface area contributed by atoms with Crippen molar-refractivity contribution in [2.75, 3.05) is 89.8 Å². The summed E-state index contributed by atoms with van der Waals surface area (Å²) < 4.78 is 4.55. The summed E-state index contributed by atoms with van der Waals surface area (Å²) in [5.74, 6) is 2.17. The van der Waals surface area contributed by atoms with E-state index in [4.69, 9.17) is 0 Å². The Bertz CT molecular complexity index is 1630. The Morgan fingerprint density at radius 3 is 1.41 bits per heavy atom. The summed E-state index contributed by atoms with van der Waals surface area (Å²) in [6.45, 7) is 8.57. The second-order valence-electron chi connectivity index (χ2n) is 13.8. The lowest BCUT2D eigenvalue weighted by atomic mass is 10.1. The van der Waals surface area contributed by atoms with E-state index in [0.29, 0.717) is 0 Å². The Balaban J connectivity index is 1.11. The number of aryl methyl sites for hydroxylation is 3. The Labute approximate surface area is 316 Å². The van der Waals surface area contributed by atoms with Crippen LogP contribution in [0.4, 0.5) is 11.4 Å². The van der Waals surface area contributed by atoms with Crippen LogP contribution in [0.3, 0.4) is 0 Å². The Kier molecular flexibility index (Phi) is 17.1. The van der Waals surface area contributed by atoms with Gasteiger partial charge < -0.3 is 19.6 Å². The fourth-order valence-electron chi connectivity index (χ4n) is 5.67. The molecule has 2 heterocycles. The van der Waals surface area contributed by atoms with Crippen molar-refractivity contribution in [2.45, 2.75) is 32.9 Å². The van der Waals surface area contributed by atoms with Crippen molar-refractivity contribution in [3.63, 3.8) is 0 Å². The number of hydrogen-bond acceptors (Lipinski definition) is 6. The Hall–Kier alpha value is -3.56. The van der Waals surface area contributed by atoms with E-state index < -0.39 is 0 Å². The third-order valence-corrected chi connectivity index (χ3v) is 11.3. The summed E-state index contributed by atoms with van der Waals surface area (Å²) in [6.07, 6.45) is 19.9. The third kappa shape index (κ3) is 14.9. The second-order valence-corrected chi connectivity index (χ2v) is 16.5. The first-order valence-corrected chi connectivity index (χ1v) is 20.7. The van der Waals surface area contributed by atoms with Crippen molar-refractivity contribution < 1.29 is 9.13 Å². The van der Waals surface area contributed by atoms with E-state index in [1.807, 2.05) is 21.6 Å². The summed E-state index contributed by atoms with van der Waals surface area (Å²) in [6, 6.07) is 24.4. The lowest BCUT2D eigenvalue weighted by Gasteiger charge is -2.21. The van der Waals surface area contributed by atoms with Crippen molar-refractivity contribution in [1.29, 1.82) is 0 Å². The maximum atomic E-state index is 2.35. The molecule has 0 N–H and O–H groups in total. The molecule has 0 bridgehead atoms. The van der Waals surface area contributed by atoms with E-state index in [0.717, 1.165) is 63.6 Å².